The van der Waals surface area contributed by atoms with Crippen LogP contribution < -0.4 is 0 Å². The predicted octanol–water partition coefficient (Wildman–Crippen LogP) is 0.581. The number of aliphatic hydroxyl groups is 5. The van der Waals surface area contributed by atoms with E-state index in [1.54, 1.807) is 12.1 Å². The molecule has 2 saturated heterocycles. The van der Waals surface area contributed by atoms with E-state index < -0.39 is 85.0 Å². The minimum Gasteiger partial charge on any atom is -0.477 e. The lowest BCUT2D eigenvalue weighted by Gasteiger charge is -2.46. The highest BCUT2D eigenvalue weighted by Crippen LogP contribution is 2.38. The Balaban J connectivity index is 1.84. The second kappa shape index (κ2) is 13.1. The van der Waals surface area contributed by atoms with E-state index >= 15 is 0 Å². The zero-order chi connectivity index (χ0) is 28.9. The molecule has 1 aromatic carbocycles. The fourth-order valence-electron chi connectivity index (χ4n) is 4.33. The van der Waals surface area contributed by atoms with Gasteiger partial charge >= 0.3 is 5.97 Å². The van der Waals surface area contributed by atoms with E-state index in [9.17, 15) is 35.4 Å². The molecule has 2 fully saturated rings. The smallest absolute Gasteiger partial charge is 0.364 e. The summed E-state index contributed by atoms with van der Waals surface area (Å²) in [6, 6.07) is 4.30. The van der Waals surface area contributed by atoms with Crippen LogP contribution in [-0.2, 0) is 19.0 Å². The molecule has 0 saturated carbocycles. The average Bonchev–Trinajstić information content (AvgIpc) is 2.89. The lowest BCUT2D eigenvalue weighted by Crippen LogP contribution is -2.64. The van der Waals surface area contributed by atoms with Crippen molar-refractivity contribution in [3.05, 3.63) is 50.7 Å². The van der Waals surface area contributed by atoms with Crippen LogP contribution in [0.3, 0.4) is 0 Å². The number of hydrogen-bond donors (Lipinski definition) is 6. The number of aliphatic carboxylic acids is 1. The first-order valence-electron chi connectivity index (χ1n) is 11.9. The lowest BCUT2D eigenvalue weighted by molar-refractivity contribution is -0.311. The van der Waals surface area contributed by atoms with Gasteiger partial charge in [-0.2, -0.15) is 0 Å². The van der Waals surface area contributed by atoms with Gasteiger partial charge < -0.3 is 44.8 Å². The minimum absolute atomic E-state index is 0.686. The molecular formula is C22H30N6O10S. The Kier molecular flexibility index (Phi) is 10.4. The monoisotopic (exact) mass is 570 g/mol. The zero-order valence-corrected chi connectivity index (χ0v) is 21.7. The van der Waals surface area contributed by atoms with Gasteiger partial charge in [-0.15, -0.1) is 0 Å². The van der Waals surface area contributed by atoms with E-state index in [2.05, 4.69) is 20.1 Å². The molecule has 0 spiro atoms. The summed E-state index contributed by atoms with van der Waals surface area (Å²) in [5, 5.41) is 69.1. The Hall–Kier alpha value is -2.66. The number of carboxylic acid groups (broad SMARTS) is 1. The van der Waals surface area contributed by atoms with Gasteiger partial charge in [0, 0.05) is 21.1 Å². The molecule has 17 heteroatoms. The molecule has 1 aromatic rings. The number of carbonyl (C=O) groups is 1. The number of nitrogens with zero attached hydrogens (tertiary/aromatic N) is 6. The molecule has 0 bridgehead atoms. The van der Waals surface area contributed by atoms with Gasteiger partial charge in [-0.05, 0) is 37.0 Å². The highest BCUT2D eigenvalue weighted by molar-refractivity contribution is 7.99. The maximum Gasteiger partial charge on any atom is 0.364 e. The second-order valence-corrected chi connectivity index (χ2v) is 10.5. The normalized spacial score (nSPS) is 36.2. The lowest BCUT2D eigenvalue weighted by atomic mass is 9.88. The van der Waals surface area contributed by atoms with Crippen molar-refractivity contribution in [3.8, 4) is 0 Å². The quantitative estimate of drug-likeness (QED) is 0.129. The summed E-state index contributed by atoms with van der Waals surface area (Å²) in [6.07, 6.45) is -11.6. The summed E-state index contributed by atoms with van der Waals surface area (Å²) < 4.78 is 16.9. The molecule has 214 valence electrons. The van der Waals surface area contributed by atoms with Gasteiger partial charge in [0.1, 0.15) is 29.9 Å². The van der Waals surface area contributed by atoms with Crippen molar-refractivity contribution in [2.24, 2.45) is 10.2 Å². The van der Waals surface area contributed by atoms with Crippen molar-refractivity contribution in [3.63, 3.8) is 0 Å². The highest BCUT2D eigenvalue weighted by atomic mass is 32.2. The first kappa shape index (κ1) is 30.9. The number of aliphatic hydroxyl groups excluding tert-OH is 5. The standard InChI is InChI=1S/C22H30N6O10S/c1-9-3-5-11(6-4-9)39-20-18(33)17(32)16(31)13(37-20)8-36-22(21(34)35)7-12(30)15(26-28-24)19(38-22)14(10(2)29)25-27-23/h3-6,10,12-20,29-33H,7-8H2,1-2H3,(H,34,35)/t10-,12-,13?,14-,15-,16+,17+,18?,19?,20+,22-/m1/s1. The third-order valence-electron chi connectivity index (χ3n) is 6.48. The molecule has 2 heterocycles. The molecule has 3 rings (SSSR count). The molecule has 0 aliphatic carbocycles. The van der Waals surface area contributed by atoms with Crippen LogP contribution in [0.15, 0.2) is 39.4 Å². The van der Waals surface area contributed by atoms with Crippen LogP contribution in [0.2, 0.25) is 0 Å². The summed E-state index contributed by atoms with van der Waals surface area (Å²) in [5.74, 6) is -4.33. The van der Waals surface area contributed by atoms with E-state index in [0.29, 0.717) is 4.90 Å². The molecule has 11 atom stereocenters. The number of ether oxygens (including phenoxy) is 3. The molecule has 0 radical (unpaired) electrons. The number of thioether (sulfide) groups is 1. The third-order valence-corrected chi connectivity index (χ3v) is 7.65. The molecule has 2 aliphatic heterocycles. The van der Waals surface area contributed by atoms with Gasteiger partial charge in [0.2, 0.25) is 0 Å². The van der Waals surface area contributed by atoms with E-state index in [0.717, 1.165) is 17.3 Å². The SMILES string of the molecule is Cc1ccc(S[C@@H]2OC(CO[C@]3(C(=O)O)C[C@@H](O)[C@@H](N=[N+]=[N-])C([C@H](N=[N+]=[N-])[C@@H](C)O)O3)[C@H](O)[C@H](O)C2O)cc1. The Bertz CT molecular complexity index is 1080. The molecule has 6 N–H and O–H groups in total. The molecule has 2 aliphatic rings. The van der Waals surface area contributed by atoms with Crippen LogP contribution in [-0.4, -0.2) is 109 Å². The molecule has 0 aromatic heterocycles. The van der Waals surface area contributed by atoms with Gasteiger partial charge in [-0.1, -0.05) is 39.7 Å². The summed E-state index contributed by atoms with van der Waals surface area (Å²) in [7, 11) is 0. The maximum absolute atomic E-state index is 12.4. The molecule has 0 amide bonds. The van der Waals surface area contributed by atoms with Gasteiger partial charge in [0.15, 0.2) is 0 Å². The summed E-state index contributed by atoms with van der Waals surface area (Å²) in [6.45, 7) is 2.44. The summed E-state index contributed by atoms with van der Waals surface area (Å²) in [4.78, 5) is 18.3. The summed E-state index contributed by atoms with van der Waals surface area (Å²) in [5.41, 5.74) is 17.8. The summed E-state index contributed by atoms with van der Waals surface area (Å²) >= 11 is 1.07. The number of hydrogen-bond acceptors (Lipinski definition) is 12. The zero-order valence-electron chi connectivity index (χ0n) is 20.9. The Morgan fingerprint density at radius 3 is 2.41 bits per heavy atom. The van der Waals surface area contributed by atoms with Crippen LogP contribution in [0.5, 0.6) is 0 Å². The van der Waals surface area contributed by atoms with Crippen LogP contribution in [0.4, 0.5) is 0 Å². The molecule has 39 heavy (non-hydrogen) atoms. The number of benzene rings is 1. The number of carboxylic acids is 1. The molecule has 3 unspecified atom stereocenters. The van der Waals surface area contributed by atoms with Crippen molar-refractivity contribution in [2.75, 3.05) is 6.61 Å². The maximum atomic E-state index is 12.4. The van der Waals surface area contributed by atoms with Crippen molar-refractivity contribution in [1.29, 1.82) is 0 Å². The molecule has 16 nitrogen and oxygen atoms in total. The topological polar surface area (TPSA) is 264 Å². The Morgan fingerprint density at radius 1 is 1.18 bits per heavy atom. The van der Waals surface area contributed by atoms with Crippen molar-refractivity contribution in [1.82, 2.24) is 0 Å². The fraction of sp³-hybridized carbons (Fsp3) is 0.682. The van der Waals surface area contributed by atoms with Gasteiger partial charge in [0.25, 0.3) is 5.79 Å². The first-order chi connectivity index (χ1) is 18.4. The molecular weight excluding hydrogens is 540 g/mol. The highest BCUT2D eigenvalue weighted by Gasteiger charge is 2.56. The van der Waals surface area contributed by atoms with Gasteiger partial charge in [0.05, 0.1) is 37.0 Å². The van der Waals surface area contributed by atoms with E-state index in [4.69, 9.17) is 25.3 Å². The number of aryl methyl sites for hydroxylation is 1. The Morgan fingerprint density at radius 2 is 1.85 bits per heavy atom. The van der Waals surface area contributed by atoms with E-state index in [1.807, 2.05) is 19.1 Å². The number of rotatable bonds is 10. The van der Waals surface area contributed by atoms with Crippen molar-refractivity contribution < 1.29 is 49.6 Å². The van der Waals surface area contributed by atoms with Gasteiger partial charge in [-0.25, -0.2) is 4.79 Å². The van der Waals surface area contributed by atoms with Crippen LogP contribution in [0, 0.1) is 6.92 Å². The first-order valence-corrected chi connectivity index (χ1v) is 12.7. The van der Waals surface area contributed by atoms with E-state index in [-0.39, 0.29) is 0 Å². The van der Waals surface area contributed by atoms with Crippen molar-refractivity contribution >= 4 is 17.7 Å². The van der Waals surface area contributed by atoms with E-state index in [1.165, 1.54) is 6.92 Å². The van der Waals surface area contributed by atoms with Crippen molar-refractivity contribution in [2.45, 2.75) is 91.2 Å². The van der Waals surface area contributed by atoms with Gasteiger partial charge in [-0.3, -0.25) is 0 Å². The number of azide groups is 2. The average molecular weight is 571 g/mol. The Labute approximate surface area is 226 Å². The third kappa shape index (κ3) is 6.92. The van der Waals surface area contributed by atoms with Crippen LogP contribution in [0.1, 0.15) is 18.9 Å². The van der Waals surface area contributed by atoms with Crippen LogP contribution in [0.25, 0.3) is 20.9 Å². The predicted molar refractivity (Wildman–Crippen MR) is 133 cm³/mol. The minimum atomic E-state index is -2.62. The second-order valence-electron chi connectivity index (χ2n) is 9.30. The van der Waals surface area contributed by atoms with Crippen LogP contribution >= 0.6 is 11.8 Å². The largest absolute Gasteiger partial charge is 0.477 e. The fourth-order valence-corrected chi connectivity index (χ4v) is 5.39.